The minimum Gasteiger partial charge on any atom is -0.299 e. The molecule has 0 amide bonds. The number of alkyl halides is 4. The lowest BCUT2D eigenvalue weighted by Gasteiger charge is -2.16. The maximum Gasteiger partial charge on any atom is 0.377 e. The number of carbonyl (C=O) groups excluding carboxylic acids is 2. The van der Waals surface area contributed by atoms with E-state index in [2.05, 4.69) is 0 Å². The lowest BCUT2D eigenvalue weighted by Crippen LogP contribution is -2.41. The van der Waals surface area contributed by atoms with Crippen LogP contribution in [0.3, 0.4) is 0 Å². The van der Waals surface area contributed by atoms with E-state index in [0.29, 0.717) is 0 Å². The lowest BCUT2D eigenvalue weighted by molar-refractivity contribution is -0.180. The molecule has 18 heavy (non-hydrogen) atoms. The molecular weight excluding hydrogens is 299 g/mol. The predicted molar refractivity (Wildman–Crippen MR) is 59.1 cm³/mol. The molecule has 0 aromatic rings. The Bertz CT molecular complexity index is 403. The third-order valence-corrected chi connectivity index (χ3v) is 2.68. The van der Waals surface area contributed by atoms with Gasteiger partial charge in [0.25, 0.3) is 5.78 Å². The molecule has 8 heteroatoms. The first-order chi connectivity index (χ1) is 8.14. The molecule has 0 saturated carbocycles. The SMILES string of the molecule is CCC=CC=O.O=C1C(Cl)=C(Cl)C(F)(F)C1(F)F. The van der Waals surface area contributed by atoms with Gasteiger partial charge in [-0.25, -0.2) is 0 Å². The minimum atomic E-state index is -4.82. The Labute approximate surface area is 110 Å². The van der Waals surface area contributed by atoms with Gasteiger partial charge < -0.3 is 0 Å². The highest BCUT2D eigenvalue weighted by atomic mass is 35.5. The molecule has 1 rings (SSSR count). The molecular formula is C10H8Cl2F4O2. The molecule has 0 saturated heterocycles. The Kier molecular flexibility index (Phi) is 6.02. The summed E-state index contributed by atoms with van der Waals surface area (Å²) in [6, 6.07) is 0. The molecule has 2 nitrogen and oxygen atoms in total. The van der Waals surface area contributed by atoms with Crippen LogP contribution in [-0.4, -0.2) is 23.9 Å². The number of aldehydes is 1. The van der Waals surface area contributed by atoms with Crippen LogP contribution in [0.15, 0.2) is 22.2 Å². The van der Waals surface area contributed by atoms with Crippen molar-refractivity contribution in [1.29, 1.82) is 0 Å². The summed E-state index contributed by atoms with van der Waals surface area (Å²) in [5.41, 5.74) is 0. The third-order valence-electron chi connectivity index (χ3n) is 1.80. The molecule has 0 spiro atoms. The first-order valence-electron chi connectivity index (χ1n) is 4.61. The fraction of sp³-hybridized carbons (Fsp3) is 0.400. The van der Waals surface area contributed by atoms with Crippen molar-refractivity contribution in [2.75, 3.05) is 0 Å². The Hall–Kier alpha value is -0.880. The molecule has 102 valence electrons. The average molecular weight is 307 g/mol. The topological polar surface area (TPSA) is 34.1 Å². The molecule has 1 aliphatic rings. The first-order valence-corrected chi connectivity index (χ1v) is 5.36. The molecule has 0 unspecified atom stereocenters. The Balaban J connectivity index is 0.000000411. The number of halogens is 6. The van der Waals surface area contributed by atoms with Crippen molar-refractivity contribution in [3.05, 3.63) is 22.2 Å². The zero-order chi connectivity index (χ0) is 14.6. The largest absolute Gasteiger partial charge is 0.377 e. The summed E-state index contributed by atoms with van der Waals surface area (Å²) in [5.74, 6) is -11.6. The maximum atomic E-state index is 12.4. The lowest BCUT2D eigenvalue weighted by atomic mass is 10.2. The molecule has 0 N–H and O–H groups in total. The highest BCUT2D eigenvalue weighted by molar-refractivity contribution is 6.51. The van der Waals surface area contributed by atoms with Crippen LogP contribution in [0, 0.1) is 0 Å². The van der Waals surface area contributed by atoms with Gasteiger partial charge in [-0.05, 0) is 12.5 Å². The zero-order valence-electron chi connectivity index (χ0n) is 9.02. The number of Topliss-reactive ketones (excluding diaryl/α,β-unsaturated/α-hetero) is 1. The van der Waals surface area contributed by atoms with Gasteiger partial charge in [-0.15, -0.1) is 0 Å². The van der Waals surface area contributed by atoms with Gasteiger partial charge in [-0.2, -0.15) is 17.6 Å². The van der Waals surface area contributed by atoms with Crippen LogP contribution in [0.2, 0.25) is 0 Å². The molecule has 0 aromatic heterocycles. The van der Waals surface area contributed by atoms with E-state index in [9.17, 15) is 27.2 Å². The van der Waals surface area contributed by atoms with E-state index in [1.165, 1.54) is 6.08 Å². The van der Waals surface area contributed by atoms with Gasteiger partial charge in [0.05, 0.1) is 0 Å². The quantitative estimate of drug-likeness (QED) is 0.443. The van der Waals surface area contributed by atoms with Crippen molar-refractivity contribution >= 4 is 35.3 Å². The number of ketones is 1. The molecule has 1 aliphatic carbocycles. The number of hydrogen-bond donors (Lipinski definition) is 0. The number of hydrogen-bond acceptors (Lipinski definition) is 2. The van der Waals surface area contributed by atoms with E-state index in [1.54, 1.807) is 0 Å². The summed E-state index contributed by atoms with van der Waals surface area (Å²) < 4.78 is 49.4. The third kappa shape index (κ3) is 3.11. The zero-order valence-corrected chi connectivity index (χ0v) is 10.5. The van der Waals surface area contributed by atoms with Crippen molar-refractivity contribution in [2.24, 2.45) is 0 Å². The molecule has 0 atom stereocenters. The molecule has 0 radical (unpaired) electrons. The fourth-order valence-corrected chi connectivity index (χ4v) is 1.29. The second-order valence-electron chi connectivity index (χ2n) is 3.08. The van der Waals surface area contributed by atoms with E-state index < -0.39 is 27.7 Å². The van der Waals surface area contributed by atoms with Gasteiger partial charge in [-0.3, -0.25) is 9.59 Å². The van der Waals surface area contributed by atoms with Crippen molar-refractivity contribution < 1.29 is 27.2 Å². The van der Waals surface area contributed by atoms with Gasteiger partial charge in [0.2, 0.25) is 0 Å². The maximum absolute atomic E-state index is 12.4. The molecule has 0 fully saturated rings. The molecule has 0 heterocycles. The average Bonchev–Trinajstić information content (AvgIpc) is 2.41. The van der Waals surface area contributed by atoms with Crippen LogP contribution in [0.4, 0.5) is 17.6 Å². The van der Waals surface area contributed by atoms with Gasteiger partial charge in [-0.1, -0.05) is 36.2 Å². The highest BCUT2D eigenvalue weighted by Gasteiger charge is 2.70. The monoisotopic (exact) mass is 306 g/mol. The standard InChI is InChI=1S/C5Cl2F4O.C5H8O/c6-1-2(7)4(8,9)5(10,11)3(1)12;1-2-3-4-5-6/h;3-5H,2H2,1H3. The van der Waals surface area contributed by atoms with Gasteiger partial charge >= 0.3 is 11.8 Å². The van der Waals surface area contributed by atoms with Crippen molar-refractivity contribution in [2.45, 2.75) is 25.2 Å². The van der Waals surface area contributed by atoms with Crippen LogP contribution in [0.5, 0.6) is 0 Å². The normalized spacial score (nSPS) is 20.9. The Morgan fingerprint density at radius 1 is 1.17 bits per heavy atom. The Morgan fingerprint density at radius 2 is 1.67 bits per heavy atom. The smallest absolute Gasteiger partial charge is 0.299 e. The van der Waals surface area contributed by atoms with Crippen LogP contribution in [-0.2, 0) is 9.59 Å². The Morgan fingerprint density at radius 3 is 1.78 bits per heavy atom. The van der Waals surface area contributed by atoms with E-state index >= 15 is 0 Å². The highest BCUT2D eigenvalue weighted by Crippen LogP contribution is 2.51. The van der Waals surface area contributed by atoms with Gasteiger partial charge in [0.1, 0.15) is 16.4 Å². The minimum absolute atomic E-state index is 0.781. The van der Waals surface area contributed by atoms with Crippen molar-refractivity contribution in [1.82, 2.24) is 0 Å². The second kappa shape index (κ2) is 6.33. The predicted octanol–water partition coefficient (Wildman–Crippen LogP) is 3.68. The summed E-state index contributed by atoms with van der Waals surface area (Å²) in [4.78, 5) is 19.8. The summed E-state index contributed by atoms with van der Waals surface area (Å²) >= 11 is 9.55. The van der Waals surface area contributed by atoms with Crippen LogP contribution < -0.4 is 0 Å². The summed E-state index contributed by atoms with van der Waals surface area (Å²) in [5, 5.41) is -2.90. The van der Waals surface area contributed by atoms with Gasteiger partial charge in [0, 0.05) is 0 Å². The van der Waals surface area contributed by atoms with E-state index in [0.717, 1.165) is 12.7 Å². The van der Waals surface area contributed by atoms with Gasteiger partial charge in [0.15, 0.2) is 0 Å². The first kappa shape index (κ1) is 17.1. The van der Waals surface area contributed by atoms with E-state index in [4.69, 9.17) is 23.2 Å². The molecule has 0 bridgehead atoms. The molecule has 0 aromatic carbocycles. The summed E-state index contributed by atoms with van der Waals surface area (Å²) in [6.07, 6.45) is 5.04. The second-order valence-corrected chi connectivity index (χ2v) is 3.83. The number of allylic oxidation sites excluding steroid dienone is 4. The van der Waals surface area contributed by atoms with Crippen molar-refractivity contribution in [3.63, 3.8) is 0 Å². The van der Waals surface area contributed by atoms with E-state index in [-0.39, 0.29) is 0 Å². The van der Waals surface area contributed by atoms with Crippen LogP contribution >= 0.6 is 23.2 Å². The summed E-state index contributed by atoms with van der Waals surface area (Å²) in [7, 11) is 0. The fourth-order valence-electron chi connectivity index (χ4n) is 0.847. The van der Waals surface area contributed by atoms with Crippen molar-refractivity contribution in [3.8, 4) is 0 Å². The molecule has 0 aliphatic heterocycles. The number of carbonyl (C=O) groups is 2. The van der Waals surface area contributed by atoms with Crippen LogP contribution in [0.1, 0.15) is 13.3 Å². The summed E-state index contributed by atoms with van der Waals surface area (Å²) in [6.45, 7) is 1.99. The van der Waals surface area contributed by atoms with E-state index in [1.807, 2.05) is 13.0 Å². The van der Waals surface area contributed by atoms with Crippen LogP contribution in [0.25, 0.3) is 0 Å². The number of rotatable bonds is 2.